The molecule has 5 nitrogen and oxygen atoms in total. The zero-order chi connectivity index (χ0) is 18.5. The molecule has 1 N–H and O–H groups in total. The summed E-state index contributed by atoms with van der Waals surface area (Å²) in [7, 11) is 0. The highest BCUT2D eigenvalue weighted by atomic mass is 79.9. The van der Waals surface area contributed by atoms with Crippen LogP contribution in [0.1, 0.15) is 27.3 Å². The highest BCUT2D eigenvalue weighted by molar-refractivity contribution is 9.10. The number of hydrogen-bond acceptors (Lipinski definition) is 5. The molecule has 0 fully saturated rings. The van der Waals surface area contributed by atoms with Gasteiger partial charge in [0.15, 0.2) is 5.16 Å². The van der Waals surface area contributed by atoms with Crippen LogP contribution in [0, 0.1) is 13.8 Å². The fourth-order valence-electron chi connectivity index (χ4n) is 2.20. The van der Waals surface area contributed by atoms with Gasteiger partial charge >= 0.3 is 0 Å². The SMILES string of the molecule is Cc1ccc(CSc2ncc(Br)c(C(=O)Nc3cccc(C)n3)n2)cc1. The summed E-state index contributed by atoms with van der Waals surface area (Å²) in [6.07, 6.45) is 1.60. The van der Waals surface area contributed by atoms with Crippen LogP contribution < -0.4 is 5.32 Å². The van der Waals surface area contributed by atoms with Crippen molar-refractivity contribution in [2.45, 2.75) is 24.8 Å². The van der Waals surface area contributed by atoms with E-state index in [0.29, 0.717) is 15.4 Å². The van der Waals surface area contributed by atoms with Crippen LogP contribution in [0.2, 0.25) is 0 Å². The van der Waals surface area contributed by atoms with Crippen LogP contribution in [0.4, 0.5) is 5.82 Å². The Bertz CT molecular complexity index is 931. The minimum Gasteiger partial charge on any atom is -0.305 e. The van der Waals surface area contributed by atoms with Crippen molar-refractivity contribution in [2.75, 3.05) is 5.32 Å². The number of nitrogens with one attached hydrogen (secondary N) is 1. The maximum absolute atomic E-state index is 12.5. The number of pyridine rings is 1. The molecule has 0 atom stereocenters. The Labute approximate surface area is 164 Å². The van der Waals surface area contributed by atoms with Gasteiger partial charge in [-0.15, -0.1) is 0 Å². The second-order valence-corrected chi connectivity index (χ2v) is 7.54. The number of thioether (sulfide) groups is 1. The smallest absolute Gasteiger partial charge is 0.276 e. The fourth-order valence-corrected chi connectivity index (χ4v) is 3.34. The number of nitrogens with zero attached hydrogens (tertiary/aromatic N) is 3. The molecule has 7 heteroatoms. The Morgan fingerprint density at radius 2 is 1.88 bits per heavy atom. The molecule has 0 bridgehead atoms. The first-order valence-electron chi connectivity index (χ1n) is 7.97. The Kier molecular flexibility index (Phi) is 6.00. The van der Waals surface area contributed by atoms with Crippen molar-refractivity contribution in [1.82, 2.24) is 15.0 Å². The van der Waals surface area contributed by atoms with Gasteiger partial charge in [-0.2, -0.15) is 0 Å². The van der Waals surface area contributed by atoms with E-state index in [9.17, 15) is 4.79 Å². The Morgan fingerprint density at radius 1 is 1.12 bits per heavy atom. The molecule has 3 rings (SSSR count). The molecule has 26 heavy (non-hydrogen) atoms. The first-order valence-corrected chi connectivity index (χ1v) is 9.75. The average molecular weight is 429 g/mol. The summed E-state index contributed by atoms with van der Waals surface area (Å²) >= 11 is 4.84. The van der Waals surface area contributed by atoms with Crippen LogP contribution in [0.15, 0.2) is 58.3 Å². The van der Waals surface area contributed by atoms with Gasteiger partial charge in [0, 0.05) is 17.6 Å². The second kappa shape index (κ2) is 8.42. The van der Waals surface area contributed by atoms with E-state index in [1.54, 1.807) is 12.3 Å². The van der Waals surface area contributed by atoms with Gasteiger partial charge in [0.2, 0.25) is 0 Å². The van der Waals surface area contributed by atoms with E-state index in [2.05, 4.69) is 67.4 Å². The van der Waals surface area contributed by atoms with Crippen molar-refractivity contribution in [3.8, 4) is 0 Å². The number of aromatic nitrogens is 3. The highest BCUT2D eigenvalue weighted by Crippen LogP contribution is 2.23. The first kappa shape index (κ1) is 18.5. The molecule has 1 amide bonds. The van der Waals surface area contributed by atoms with E-state index in [1.165, 1.54) is 22.9 Å². The molecule has 0 saturated carbocycles. The molecular weight excluding hydrogens is 412 g/mol. The number of benzene rings is 1. The molecule has 0 aliphatic heterocycles. The molecule has 2 heterocycles. The van der Waals surface area contributed by atoms with Gasteiger partial charge in [0.1, 0.15) is 11.5 Å². The molecule has 0 spiro atoms. The molecule has 0 unspecified atom stereocenters. The summed E-state index contributed by atoms with van der Waals surface area (Å²) in [6, 6.07) is 13.8. The van der Waals surface area contributed by atoms with E-state index in [4.69, 9.17) is 0 Å². The number of rotatable bonds is 5. The van der Waals surface area contributed by atoms with Crippen LogP contribution in [-0.2, 0) is 5.75 Å². The second-order valence-electron chi connectivity index (χ2n) is 5.74. The molecule has 2 aromatic heterocycles. The van der Waals surface area contributed by atoms with Gasteiger partial charge in [-0.05, 0) is 47.5 Å². The fraction of sp³-hybridized carbons (Fsp3) is 0.158. The molecule has 3 aromatic rings. The summed E-state index contributed by atoms with van der Waals surface area (Å²) < 4.78 is 0.544. The van der Waals surface area contributed by atoms with Crippen molar-refractivity contribution >= 4 is 39.4 Å². The number of carbonyl (C=O) groups is 1. The van der Waals surface area contributed by atoms with Crippen molar-refractivity contribution in [1.29, 1.82) is 0 Å². The number of aryl methyl sites for hydroxylation is 2. The quantitative estimate of drug-likeness (QED) is 0.466. The van der Waals surface area contributed by atoms with Gasteiger partial charge in [-0.3, -0.25) is 4.79 Å². The van der Waals surface area contributed by atoms with Gasteiger partial charge in [0.25, 0.3) is 5.91 Å². The summed E-state index contributed by atoms with van der Waals surface area (Å²) in [5.74, 6) is 0.909. The van der Waals surface area contributed by atoms with Crippen LogP contribution in [-0.4, -0.2) is 20.9 Å². The minimum absolute atomic E-state index is 0.287. The van der Waals surface area contributed by atoms with Gasteiger partial charge in [-0.1, -0.05) is 47.7 Å². The maximum Gasteiger partial charge on any atom is 0.276 e. The predicted molar refractivity (Wildman–Crippen MR) is 107 cm³/mol. The van der Waals surface area contributed by atoms with E-state index < -0.39 is 0 Å². The summed E-state index contributed by atoms with van der Waals surface area (Å²) in [6.45, 7) is 3.93. The minimum atomic E-state index is -0.324. The van der Waals surface area contributed by atoms with Gasteiger partial charge in [0.05, 0.1) is 4.47 Å². The Morgan fingerprint density at radius 3 is 2.62 bits per heavy atom. The molecule has 0 aliphatic carbocycles. The van der Waals surface area contributed by atoms with Gasteiger partial charge in [-0.25, -0.2) is 15.0 Å². The molecular formula is C19H17BrN4OS. The molecule has 1 aromatic carbocycles. The van der Waals surface area contributed by atoms with Crippen LogP contribution in [0.3, 0.4) is 0 Å². The van der Waals surface area contributed by atoms with E-state index in [-0.39, 0.29) is 11.6 Å². The number of carbonyl (C=O) groups excluding carboxylic acids is 1. The predicted octanol–water partition coefficient (Wildman–Crippen LogP) is 4.80. The molecule has 132 valence electrons. The van der Waals surface area contributed by atoms with Crippen molar-refractivity contribution in [2.24, 2.45) is 0 Å². The Hall–Kier alpha value is -2.25. The van der Waals surface area contributed by atoms with Crippen LogP contribution in [0.5, 0.6) is 0 Å². The summed E-state index contributed by atoms with van der Waals surface area (Å²) in [5.41, 5.74) is 3.53. The third-order valence-corrected chi connectivity index (χ3v) is 5.07. The lowest BCUT2D eigenvalue weighted by molar-refractivity contribution is 0.102. The van der Waals surface area contributed by atoms with E-state index >= 15 is 0 Å². The molecule has 0 aliphatic rings. The third-order valence-electron chi connectivity index (χ3n) is 3.56. The average Bonchev–Trinajstić information content (AvgIpc) is 2.62. The number of amides is 1. The lowest BCUT2D eigenvalue weighted by atomic mass is 10.2. The first-order chi connectivity index (χ1) is 12.5. The standard InChI is InChI=1S/C19H17BrN4OS/c1-12-6-8-14(9-7-12)11-26-19-21-10-15(20)17(24-19)18(25)23-16-5-3-4-13(2)22-16/h3-10H,11H2,1-2H3,(H,22,23,25). The lowest BCUT2D eigenvalue weighted by Crippen LogP contribution is -2.16. The van der Waals surface area contributed by atoms with Gasteiger partial charge < -0.3 is 5.32 Å². The Balaban J connectivity index is 1.72. The highest BCUT2D eigenvalue weighted by Gasteiger charge is 2.15. The number of hydrogen-bond donors (Lipinski definition) is 1. The zero-order valence-electron chi connectivity index (χ0n) is 14.4. The van der Waals surface area contributed by atoms with Crippen LogP contribution >= 0.6 is 27.7 Å². The number of anilines is 1. The van der Waals surface area contributed by atoms with Crippen molar-refractivity contribution in [3.63, 3.8) is 0 Å². The molecule has 0 saturated heterocycles. The van der Waals surface area contributed by atoms with Crippen molar-refractivity contribution < 1.29 is 4.79 Å². The summed E-state index contributed by atoms with van der Waals surface area (Å²) in [4.78, 5) is 25.5. The monoisotopic (exact) mass is 428 g/mol. The zero-order valence-corrected chi connectivity index (χ0v) is 16.8. The van der Waals surface area contributed by atoms with Crippen molar-refractivity contribution in [3.05, 3.63) is 75.6 Å². The van der Waals surface area contributed by atoms with E-state index in [1.807, 2.05) is 19.1 Å². The third kappa shape index (κ3) is 4.89. The summed E-state index contributed by atoms with van der Waals surface area (Å²) in [5, 5.41) is 3.32. The van der Waals surface area contributed by atoms with Crippen LogP contribution in [0.25, 0.3) is 0 Å². The topological polar surface area (TPSA) is 67.8 Å². The maximum atomic E-state index is 12.5. The lowest BCUT2D eigenvalue weighted by Gasteiger charge is -2.08. The van der Waals surface area contributed by atoms with E-state index in [0.717, 1.165) is 11.4 Å². The normalized spacial score (nSPS) is 10.6. The largest absolute Gasteiger partial charge is 0.305 e. The molecule has 0 radical (unpaired) electrons. The number of halogens is 1.